The lowest BCUT2D eigenvalue weighted by Gasteiger charge is -2.28. The molecule has 1 unspecified atom stereocenters. The second kappa shape index (κ2) is 4.77. The molecule has 0 spiro atoms. The molecule has 0 aliphatic carbocycles. The van der Waals surface area contributed by atoms with Crippen molar-refractivity contribution in [1.29, 1.82) is 0 Å². The molecule has 0 saturated carbocycles. The number of rotatable bonds is 3. The molecular formula is C13H13ClFNS. The van der Waals surface area contributed by atoms with E-state index in [-0.39, 0.29) is 5.82 Å². The van der Waals surface area contributed by atoms with Crippen molar-refractivity contribution >= 4 is 22.9 Å². The Morgan fingerprint density at radius 1 is 1.29 bits per heavy atom. The van der Waals surface area contributed by atoms with Crippen LogP contribution in [0.4, 0.5) is 4.39 Å². The fourth-order valence-corrected chi connectivity index (χ4v) is 3.11. The van der Waals surface area contributed by atoms with E-state index in [1.54, 1.807) is 24.3 Å². The third kappa shape index (κ3) is 2.23. The summed E-state index contributed by atoms with van der Waals surface area (Å²) in [6.07, 6.45) is 0.616. The predicted molar refractivity (Wildman–Crippen MR) is 71.0 cm³/mol. The van der Waals surface area contributed by atoms with Crippen LogP contribution in [0.3, 0.4) is 0 Å². The Morgan fingerprint density at radius 3 is 2.53 bits per heavy atom. The van der Waals surface area contributed by atoms with E-state index < -0.39 is 5.54 Å². The molecule has 4 heteroatoms. The number of thiophene rings is 1. The maximum atomic E-state index is 13.9. The zero-order valence-corrected chi connectivity index (χ0v) is 11.0. The average Bonchev–Trinajstić information content (AvgIpc) is 2.76. The van der Waals surface area contributed by atoms with Crippen molar-refractivity contribution in [2.75, 3.05) is 0 Å². The van der Waals surface area contributed by atoms with E-state index in [0.717, 1.165) is 4.88 Å². The minimum atomic E-state index is -0.802. The number of hydrogen-bond acceptors (Lipinski definition) is 2. The average molecular weight is 270 g/mol. The highest BCUT2D eigenvalue weighted by Crippen LogP contribution is 2.37. The quantitative estimate of drug-likeness (QED) is 0.890. The van der Waals surface area contributed by atoms with E-state index >= 15 is 0 Å². The molecule has 0 saturated heterocycles. The first-order valence-electron chi connectivity index (χ1n) is 5.37. The molecule has 1 heterocycles. The van der Waals surface area contributed by atoms with Crippen molar-refractivity contribution in [3.8, 4) is 0 Å². The van der Waals surface area contributed by atoms with E-state index in [1.807, 2.05) is 13.0 Å². The maximum Gasteiger partial charge on any atom is 0.128 e. The van der Waals surface area contributed by atoms with Crippen LogP contribution >= 0.6 is 22.9 Å². The normalized spacial score (nSPS) is 14.6. The van der Waals surface area contributed by atoms with Crippen molar-refractivity contribution in [2.24, 2.45) is 5.73 Å². The van der Waals surface area contributed by atoms with Gasteiger partial charge in [0.2, 0.25) is 0 Å². The van der Waals surface area contributed by atoms with Crippen molar-refractivity contribution in [3.05, 3.63) is 57.0 Å². The molecule has 2 N–H and O–H groups in total. The van der Waals surface area contributed by atoms with Gasteiger partial charge < -0.3 is 5.73 Å². The molecule has 0 amide bonds. The summed E-state index contributed by atoms with van der Waals surface area (Å²) in [7, 11) is 0. The summed E-state index contributed by atoms with van der Waals surface area (Å²) in [4.78, 5) is 0.884. The highest BCUT2D eigenvalue weighted by molar-refractivity contribution is 7.16. The number of hydrogen-bond donors (Lipinski definition) is 1. The first-order chi connectivity index (χ1) is 8.08. The van der Waals surface area contributed by atoms with Gasteiger partial charge in [-0.2, -0.15) is 0 Å². The zero-order chi connectivity index (χ0) is 12.5. The number of halogens is 2. The topological polar surface area (TPSA) is 26.0 Å². The minimum Gasteiger partial charge on any atom is -0.317 e. The Bertz CT molecular complexity index is 526. The van der Waals surface area contributed by atoms with Gasteiger partial charge in [-0.15, -0.1) is 11.3 Å². The molecule has 0 radical (unpaired) electrons. The second-order valence-electron chi connectivity index (χ2n) is 3.91. The third-order valence-electron chi connectivity index (χ3n) is 2.93. The first-order valence-corrected chi connectivity index (χ1v) is 6.57. The molecule has 2 rings (SSSR count). The molecule has 0 aliphatic rings. The van der Waals surface area contributed by atoms with Gasteiger partial charge in [-0.05, 0) is 24.6 Å². The molecular weight excluding hydrogens is 257 g/mol. The molecule has 0 fully saturated rings. The fraction of sp³-hybridized carbons (Fsp3) is 0.231. The van der Waals surface area contributed by atoms with Crippen LogP contribution in [-0.4, -0.2) is 0 Å². The van der Waals surface area contributed by atoms with Crippen LogP contribution in [0.2, 0.25) is 4.34 Å². The Kier molecular flexibility index (Phi) is 3.52. The van der Waals surface area contributed by atoms with Crippen molar-refractivity contribution in [1.82, 2.24) is 0 Å². The van der Waals surface area contributed by atoms with Crippen molar-refractivity contribution in [2.45, 2.75) is 18.9 Å². The van der Waals surface area contributed by atoms with Gasteiger partial charge >= 0.3 is 0 Å². The Labute approximate surface area is 109 Å². The van der Waals surface area contributed by atoms with Gasteiger partial charge in [-0.1, -0.05) is 36.7 Å². The van der Waals surface area contributed by atoms with Crippen LogP contribution in [-0.2, 0) is 5.54 Å². The van der Waals surface area contributed by atoms with Crippen LogP contribution in [0.5, 0.6) is 0 Å². The maximum absolute atomic E-state index is 13.9. The Morgan fingerprint density at radius 2 is 2.00 bits per heavy atom. The standard InChI is InChI=1S/C13H13ClFNS/c1-2-13(16,11-7-8-12(14)17-11)9-5-3-4-6-10(9)15/h3-8H,2,16H2,1H3. The summed E-state index contributed by atoms with van der Waals surface area (Å²) in [6.45, 7) is 1.94. The largest absolute Gasteiger partial charge is 0.317 e. The summed E-state index contributed by atoms with van der Waals surface area (Å²) in [6, 6.07) is 10.3. The number of benzene rings is 1. The lowest BCUT2D eigenvalue weighted by Crippen LogP contribution is -2.37. The van der Waals surface area contributed by atoms with E-state index in [1.165, 1.54) is 17.4 Å². The van der Waals surface area contributed by atoms with E-state index in [4.69, 9.17) is 17.3 Å². The second-order valence-corrected chi connectivity index (χ2v) is 5.62. The summed E-state index contributed by atoms with van der Waals surface area (Å²) in [5, 5.41) is 0. The molecule has 1 aromatic heterocycles. The van der Waals surface area contributed by atoms with Gasteiger partial charge in [0.1, 0.15) is 5.82 Å². The van der Waals surface area contributed by atoms with Gasteiger partial charge in [0, 0.05) is 10.4 Å². The van der Waals surface area contributed by atoms with Crippen LogP contribution < -0.4 is 5.73 Å². The van der Waals surface area contributed by atoms with E-state index in [2.05, 4.69) is 0 Å². The third-order valence-corrected chi connectivity index (χ3v) is 4.33. The lowest BCUT2D eigenvalue weighted by atomic mass is 9.86. The van der Waals surface area contributed by atoms with Gasteiger partial charge in [0.25, 0.3) is 0 Å². The van der Waals surface area contributed by atoms with Crippen LogP contribution in [0.1, 0.15) is 23.8 Å². The van der Waals surface area contributed by atoms with E-state index in [0.29, 0.717) is 16.3 Å². The molecule has 0 bridgehead atoms. The lowest BCUT2D eigenvalue weighted by molar-refractivity contribution is 0.487. The highest BCUT2D eigenvalue weighted by atomic mass is 35.5. The summed E-state index contributed by atoms with van der Waals surface area (Å²) in [5.41, 5.74) is 6.08. The van der Waals surface area contributed by atoms with Gasteiger partial charge in [0.15, 0.2) is 0 Å². The zero-order valence-electron chi connectivity index (χ0n) is 9.41. The van der Waals surface area contributed by atoms with Gasteiger partial charge in [0.05, 0.1) is 9.88 Å². The van der Waals surface area contributed by atoms with Gasteiger partial charge in [-0.3, -0.25) is 0 Å². The Balaban J connectivity index is 2.55. The molecule has 1 aromatic carbocycles. The molecule has 0 aliphatic heterocycles. The van der Waals surface area contributed by atoms with Crippen molar-refractivity contribution in [3.63, 3.8) is 0 Å². The first kappa shape index (κ1) is 12.6. The van der Waals surface area contributed by atoms with E-state index in [9.17, 15) is 4.39 Å². The highest BCUT2D eigenvalue weighted by Gasteiger charge is 2.31. The van der Waals surface area contributed by atoms with Crippen LogP contribution in [0.15, 0.2) is 36.4 Å². The fourth-order valence-electron chi connectivity index (χ4n) is 1.87. The SMILES string of the molecule is CCC(N)(c1ccc(Cl)s1)c1ccccc1F. The minimum absolute atomic E-state index is 0.277. The van der Waals surface area contributed by atoms with Gasteiger partial charge in [-0.25, -0.2) is 4.39 Å². The smallest absolute Gasteiger partial charge is 0.128 e. The number of nitrogens with two attached hydrogens (primary N) is 1. The molecule has 2 aromatic rings. The molecule has 1 nitrogen and oxygen atoms in total. The molecule has 1 atom stereocenters. The van der Waals surface area contributed by atoms with Crippen molar-refractivity contribution < 1.29 is 4.39 Å². The summed E-state index contributed by atoms with van der Waals surface area (Å²) in [5.74, 6) is -0.277. The predicted octanol–water partition coefficient (Wildman–Crippen LogP) is 4.15. The monoisotopic (exact) mass is 269 g/mol. The summed E-state index contributed by atoms with van der Waals surface area (Å²) >= 11 is 7.32. The Hall–Kier alpha value is -0.900. The van der Waals surface area contributed by atoms with Crippen LogP contribution in [0.25, 0.3) is 0 Å². The van der Waals surface area contributed by atoms with Crippen LogP contribution in [0, 0.1) is 5.82 Å². The molecule has 90 valence electrons. The summed E-state index contributed by atoms with van der Waals surface area (Å²) < 4.78 is 14.5. The molecule has 17 heavy (non-hydrogen) atoms.